The van der Waals surface area contributed by atoms with Gasteiger partial charge >= 0.3 is 0 Å². The van der Waals surface area contributed by atoms with E-state index in [9.17, 15) is 5.11 Å². The van der Waals surface area contributed by atoms with E-state index in [4.69, 9.17) is 4.42 Å². The lowest BCUT2D eigenvalue weighted by molar-refractivity contribution is 0.226. The summed E-state index contributed by atoms with van der Waals surface area (Å²) in [5.74, 6) is 0.761. The van der Waals surface area contributed by atoms with Crippen LogP contribution in [0.15, 0.2) is 65.3 Å². The number of hydrogen-bond acceptors (Lipinski definition) is 4. The van der Waals surface area contributed by atoms with Crippen molar-refractivity contribution < 1.29 is 9.52 Å². The molecule has 0 fully saturated rings. The van der Waals surface area contributed by atoms with Gasteiger partial charge < -0.3 is 14.8 Å². The SMILES string of the molecule is OCC(NCc1ccc(-c2ccccc2)s1)c1ccco1. The molecule has 0 aliphatic heterocycles. The van der Waals surface area contributed by atoms with Gasteiger partial charge in [-0.3, -0.25) is 0 Å². The van der Waals surface area contributed by atoms with Crippen LogP contribution in [0, 0.1) is 0 Å². The van der Waals surface area contributed by atoms with Gasteiger partial charge in [-0.05, 0) is 29.8 Å². The summed E-state index contributed by atoms with van der Waals surface area (Å²) in [4.78, 5) is 2.49. The Bertz CT molecular complexity index is 661. The summed E-state index contributed by atoms with van der Waals surface area (Å²) in [6.45, 7) is 0.730. The van der Waals surface area contributed by atoms with Crippen molar-refractivity contribution in [2.75, 3.05) is 6.61 Å². The van der Waals surface area contributed by atoms with Gasteiger partial charge in [-0.15, -0.1) is 11.3 Å². The molecule has 2 heterocycles. The van der Waals surface area contributed by atoms with Gasteiger partial charge in [-0.25, -0.2) is 0 Å². The van der Waals surface area contributed by atoms with Crippen molar-refractivity contribution in [3.63, 3.8) is 0 Å². The minimum atomic E-state index is -0.165. The molecule has 0 radical (unpaired) electrons. The smallest absolute Gasteiger partial charge is 0.123 e. The third-order valence-corrected chi connectivity index (χ3v) is 4.45. The molecule has 0 saturated carbocycles. The fraction of sp³-hybridized carbons (Fsp3) is 0.176. The van der Waals surface area contributed by atoms with Gasteiger partial charge in [0.05, 0.1) is 18.9 Å². The zero-order valence-corrected chi connectivity index (χ0v) is 12.3. The van der Waals surface area contributed by atoms with Gasteiger partial charge in [-0.1, -0.05) is 30.3 Å². The van der Waals surface area contributed by atoms with Gasteiger partial charge in [0.1, 0.15) is 5.76 Å². The molecule has 1 unspecified atom stereocenters. The second-order valence-electron chi connectivity index (χ2n) is 4.76. The quantitative estimate of drug-likeness (QED) is 0.727. The lowest BCUT2D eigenvalue weighted by Crippen LogP contribution is -2.23. The van der Waals surface area contributed by atoms with Crippen LogP contribution in [-0.2, 0) is 6.54 Å². The average Bonchev–Trinajstić information content (AvgIpc) is 3.20. The Morgan fingerprint density at radius 3 is 2.62 bits per heavy atom. The van der Waals surface area contributed by atoms with E-state index in [2.05, 4.69) is 29.6 Å². The minimum absolute atomic E-state index is 0.0183. The number of rotatable bonds is 6. The lowest BCUT2D eigenvalue weighted by Gasteiger charge is -2.12. The van der Waals surface area contributed by atoms with Crippen molar-refractivity contribution in [2.24, 2.45) is 0 Å². The molecule has 1 aromatic carbocycles. The maximum Gasteiger partial charge on any atom is 0.123 e. The number of nitrogens with one attached hydrogen (secondary N) is 1. The molecule has 3 rings (SSSR count). The van der Waals surface area contributed by atoms with Crippen molar-refractivity contribution in [3.05, 3.63) is 71.5 Å². The van der Waals surface area contributed by atoms with Crippen LogP contribution in [0.2, 0.25) is 0 Å². The van der Waals surface area contributed by atoms with E-state index in [-0.39, 0.29) is 12.6 Å². The van der Waals surface area contributed by atoms with Gasteiger partial charge in [-0.2, -0.15) is 0 Å². The molecule has 0 spiro atoms. The summed E-state index contributed by atoms with van der Waals surface area (Å²) in [5, 5.41) is 12.8. The average molecular weight is 299 g/mol. The monoisotopic (exact) mass is 299 g/mol. The molecule has 2 N–H and O–H groups in total. The molecule has 0 bridgehead atoms. The van der Waals surface area contributed by atoms with Crippen molar-refractivity contribution >= 4 is 11.3 Å². The van der Waals surface area contributed by atoms with Crippen LogP contribution in [0.3, 0.4) is 0 Å². The number of aliphatic hydroxyl groups is 1. The number of hydrogen-bond donors (Lipinski definition) is 2. The fourth-order valence-electron chi connectivity index (χ4n) is 2.20. The van der Waals surface area contributed by atoms with E-state index in [1.807, 2.05) is 30.3 Å². The summed E-state index contributed by atoms with van der Waals surface area (Å²) in [5.41, 5.74) is 1.23. The Kier molecular flexibility index (Phi) is 4.50. The van der Waals surface area contributed by atoms with Crippen molar-refractivity contribution in [2.45, 2.75) is 12.6 Å². The van der Waals surface area contributed by atoms with Crippen LogP contribution in [-0.4, -0.2) is 11.7 Å². The predicted octanol–water partition coefficient (Wildman–Crippen LogP) is 3.83. The zero-order valence-electron chi connectivity index (χ0n) is 11.5. The van der Waals surface area contributed by atoms with Gasteiger partial charge in [0, 0.05) is 16.3 Å². The Morgan fingerprint density at radius 1 is 1.05 bits per heavy atom. The molecule has 0 aliphatic rings. The highest BCUT2D eigenvalue weighted by Gasteiger charge is 2.13. The highest BCUT2D eigenvalue weighted by molar-refractivity contribution is 7.15. The second kappa shape index (κ2) is 6.72. The zero-order chi connectivity index (χ0) is 14.5. The van der Waals surface area contributed by atoms with Gasteiger partial charge in [0.15, 0.2) is 0 Å². The number of thiophene rings is 1. The van der Waals surface area contributed by atoms with Crippen LogP contribution in [0.5, 0.6) is 0 Å². The topological polar surface area (TPSA) is 45.4 Å². The Balaban J connectivity index is 1.65. The molecule has 2 aromatic heterocycles. The van der Waals surface area contributed by atoms with E-state index in [1.165, 1.54) is 15.3 Å². The van der Waals surface area contributed by atoms with Crippen molar-refractivity contribution in [1.29, 1.82) is 0 Å². The van der Waals surface area contributed by atoms with Crippen LogP contribution in [0.1, 0.15) is 16.7 Å². The molecule has 0 aliphatic carbocycles. The van der Waals surface area contributed by atoms with Crippen LogP contribution in [0.25, 0.3) is 10.4 Å². The van der Waals surface area contributed by atoms with E-state index in [1.54, 1.807) is 17.6 Å². The molecule has 3 nitrogen and oxygen atoms in total. The molecule has 21 heavy (non-hydrogen) atoms. The van der Waals surface area contributed by atoms with Gasteiger partial charge in [0.25, 0.3) is 0 Å². The van der Waals surface area contributed by atoms with Crippen molar-refractivity contribution in [3.8, 4) is 10.4 Å². The lowest BCUT2D eigenvalue weighted by atomic mass is 10.2. The Morgan fingerprint density at radius 2 is 1.90 bits per heavy atom. The molecule has 1 atom stereocenters. The molecule has 4 heteroatoms. The van der Waals surface area contributed by atoms with Crippen LogP contribution in [0.4, 0.5) is 0 Å². The van der Waals surface area contributed by atoms with Gasteiger partial charge in [0.2, 0.25) is 0 Å². The largest absolute Gasteiger partial charge is 0.468 e. The first-order chi connectivity index (χ1) is 10.4. The number of benzene rings is 1. The summed E-state index contributed by atoms with van der Waals surface area (Å²) in [6, 6.07) is 18.1. The molecule has 3 aromatic rings. The highest BCUT2D eigenvalue weighted by atomic mass is 32.1. The molecule has 0 saturated heterocycles. The van der Waals surface area contributed by atoms with Crippen molar-refractivity contribution in [1.82, 2.24) is 5.32 Å². The van der Waals surface area contributed by atoms with E-state index in [0.29, 0.717) is 6.54 Å². The third-order valence-electron chi connectivity index (χ3n) is 3.31. The third kappa shape index (κ3) is 3.42. The maximum absolute atomic E-state index is 9.44. The van der Waals surface area contributed by atoms with E-state index >= 15 is 0 Å². The first-order valence-corrected chi connectivity index (χ1v) is 7.70. The first-order valence-electron chi connectivity index (χ1n) is 6.88. The fourth-order valence-corrected chi connectivity index (χ4v) is 3.16. The minimum Gasteiger partial charge on any atom is -0.468 e. The Labute approximate surface area is 127 Å². The molecular weight excluding hydrogens is 282 g/mol. The predicted molar refractivity (Wildman–Crippen MR) is 85.1 cm³/mol. The maximum atomic E-state index is 9.44. The summed E-state index contributed by atoms with van der Waals surface area (Å²) < 4.78 is 5.33. The second-order valence-corrected chi connectivity index (χ2v) is 5.93. The molecule has 0 amide bonds. The standard InChI is InChI=1S/C17H17NO2S/c19-12-15(16-7-4-10-20-16)18-11-14-8-9-17(21-14)13-5-2-1-3-6-13/h1-10,15,18-19H,11-12H2. The summed E-state index contributed by atoms with van der Waals surface area (Å²) in [6.07, 6.45) is 1.62. The van der Waals surface area contributed by atoms with Crippen LogP contribution >= 0.6 is 11.3 Å². The number of furan rings is 1. The van der Waals surface area contributed by atoms with E-state index < -0.39 is 0 Å². The highest BCUT2D eigenvalue weighted by Crippen LogP contribution is 2.28. The summed E-state index contributed by atoms with van der Waals surface area (Å²) in [7, 11) is 0. The summed E-state index contributed by atoms with van der Waals surface area (Å²) >= 11 is 1.76. The van der Waals surface area contributed by atoms with E-state index in [0.717, 1.165) is 5.76 Å². The van der Waals surface area contributed by atoms with Crippen LogP contribution < -0.4 is 5.32 Å². The molecular formula is C17H17NO2S. The molecule has 108 valence electrons. The first kappa shape index (κ1) is 14.1. The Hall–Kier alpha value is -1.88. The normalized spacial score (nSPS) is 12.4. The number of aliphatic hydroxyl groups excluding tert-OH is 1.